The van der Waals surface area contributed by atoms with Crippen LogP contribution < -0.4 is 25.2 Å². The van der Waals surface area contributed by atoms with Crippen LogP contribution in [-0.4, -0.2) is 73.7 Å². The van der Waals surface area contributed by atoms with E-state index in [0.717, 1.165) is 43.7 Å². The minimum absolute atomic E-state index is 0.0753. The summed E-state index contributed by atoms with van der Waals surface area (Å²) < 4.78 is 40.4. The maximum absolute atomic E-state index is 14.6. The normalized spacial score (nSPS) is 20.3. The average Bonchev–Trinajstić information content (AvgIpc) is 2.97. The number of methoxy groups -OCH3 is 1. The zero-order chi connectivity index (χ0) is 27.9. The van der Waals surface area contributed by atoms with E-state index >= 15 is 0 Å². The Morgan fingerprint density at radius 2 is 1.95 bits per heavy atom. The number of hydrogen-bond donors (Lipinski definition) is 2. The molecule has 3 aliphatic rings. The van der Waals surface area contributed by atoms with Crippen molar-refractivity contribution in [1.29, 1.82) is 0 Å². The van der Waals surface area contributed by atoms with Crippen molar-refractivity contribution >= 4 is 35.0 Å². The molecule has 39 heavy (non-hydrogen) atoms. The lowest BCUT2D eigenvalue weighted by atomic mass is 9.62. The zero-order valence-electron chi connectivity index (χ0n) is 22.6. The Labute approximate surface area is 226 Å². The summed E-state index contributed by atoms with van der Waals surface area (Å²) in [7, 11) is 2.76. The number of anilines is 4. The standard InChI is InChI=1S/C27H34F2N6O4/c1-16(2)35-15-27(28,29)24(37)34(3)20-14-31-25(33-22(20)35)32-19-6-5-17(11-21(19)38-4)23(36)39-18-12-26(13-18)7-9-30-10-8-26/h5-6,11,14,16,18,30H,7-10,12-13,15H2,1-4H3,(H,31,32,33). The maximum atomic E-state index is 14.6. The van der Waals surface area contributed by atoms with Gasteiger partial charge in [-0.25, -0.2) is 9.78 Å². The van der Waals surface area contributed by atoms with Gasteiger partial charge in [0, 0.05) is 13.1 Å². The topological polar surface area (TPSA) is 109 Å². The van der Waals surface area contributed by atoms with Gasteiger partial charge in [-0.15, -0.1) is 0 Å². The fraction of sp³-hybridized carbons (Fsp3) is 0.556. The van der Waals surface area contributed by atoms with Gasteiger partial charge >= 0.3 is 11.9 Å². The quantitative estimate of drug-likeness (QED) is 0.526. The number of piperidine rings is 1. The van der Waals surface area contributed by atoms with Gasteiger partial charge in [-0.3, -0.25) is 4.79 Å². The van der Waals surface area contributed by atoms with Crippen LogP contribution >= 0.6 is 0 Å². The largest absolute Gasteiger partial charge is 0.495 e. The molecule has 10 nitrogen and oxygen atoms in total. The van der Waals surface area contributed by atoms with Gasteiger partial charge in [-0.05, 0) is 76.2 Å². The third-order valence-corrected chi connectivity index (χ3v) is 7.94. The highest BCUT2D eigenvalue weighted by Crippen LogP contribution is 2.49. The molecule has 2 fully saturated rings. The fourth-order valence-corrected chi connectivity index (χ4v) is 5.63. The van der Waals surface area contributed by atoms with E-state index in [-0.39, 0.29) is 29.6 Å². The van der Waals surface area contributed by atoms with Crippen molar-refractivity contribution in [3.05, 3.63) is 30.0 Å². The average molecular weight is 545 g/mol. The Morgan fingerprint density at radius 3 is 2.62 bits per heavy atom. The first-order valence-corrected chi connectivity index (χ1v) is 13.2. The molecule has 0 unspecified atom stereocenters. The first-order valence-electron chi connectivity index (χ1n) is 13.2. The van der Waals surface area contributed by atoms with Crippen LogP contribution in [0.15, 0.2) is 24.4 Å². The van der Waals surface area contributed by atoms with Crippen LogP contribution in [-0.2, 0) is 9.53 Å². The van der Waals surface area contributed by atoms with Crippen molar-refractivity contribution in [2.24, 2.45) is 5.41 Å². The summed E-state index contributed by atoms with van der Waals surface area (Å²) in [5.74, 6) is -4.59. The first kappa shape index (κ1) is 27.0. The molecule has 1 amide bonds. The van der Waals surface area contributed by atoms with Gasteiger partial charge in [0.15, 0.2) is 5.82 Å². The number of aromatic nitrogens is 2. The van der Waals surface area contributed by atoms with E-state index in [1.807, 2.05) is 0 Å². The van der Waals surface area contributed by atoms with Crippen LogP contribution in [0.3, 0.4) is 0 Å². The molecule has 1 saturated heterocycles. The number of hydrogen-bond acceptors (Lipinski definition) is 9. The summed E-state index contributed by atoms with van der Waals surface area (Å²) in [6.45, 7) is 4.73. The number of ether oxygens (including phenoxy) is 2. The van der Waals surface area contributed by atoms with E-state index in [0.29, 0.717) is 22.4 Å². The molecule has 12 heteroatoms. The van der Waals surface area contributed by atoms with Gasteiger partial charge in [0.1, 0.15) is 17.5 Å². The van der Waals surface area contributed by atoms with E-state index in [1.54, 1.807) is 32.0 Å². The Kier molecular flexibility index (Phi) is 7.08. The molecule has 2 aliphatic heterocycles. The lowest BCUT2D eigenvalue weighted by Gasteiger charge is -2.49. The van der Waals surface area contributed by atoms with E-state index < -0.39 is 24.3 Å². The van der Waals surface area contributed by atoms with Crippen LogP contribution in [0.1, 0.15) is 49.9 Å². The van der Waals surface area contributed by atoms with Crippen molar-refractivity contribution in [3.63, 3.8) is 0 Å². The zero-order valence-corrected chi connectivity index (χ0v) is 22.6. The number of amides is 1. The lowest BCUT2D eigenvalue weighted by Crippen LogP contribution is -2.49. The highest BCUT2D eigenvalue weighted by Gasteiger charge is 2.48. The molecular formula is C27H34F2N6O4. The lowest BCUT2D eigenvalue weighted by molar-refractivity contribution is -0.140. The molecule has 2 N–H and O–H groups in total. The van der Waals surface area contributed by atoms with Gasteiger partial charge < -0.3 is 29.9 Å². The van der Waals surface area contributed by atoms with E-state index in [1.165, 1.54) is 25.3 Å². The predicted octanol–water partition coefficient (Wildman–Crippen LogP) is 3.74. The molecule has 1 saturated carbocycles. The Morgan fingerprint density at radius 1 is 1.23 bits per heavy atom. The molecule has 2 aromatic rings. The third-order valence-electron chi connectivity index (χ3n) is 7.94. The molecule has 210 valence electrons. The molecule has 0 atom stereocenters. The summed E-state index contributed by atoms with van der Waals surface area (Å²) in [6.07, 6.45) is 5.28. The van der Waals surface area contributed by atoms with Gasteiger partial charge in [0.05, 0.1) is 31.1 Å². The summed E-state index contributed by atoms with van der Waals surface area (Å²) in [5, 5.41) is 6.42. The molecule has 1 aliphatic carbocycles. The number of nitrogens with one attached hydrogen (secondary N) is 2. The van der Waals surface area contributed by atoms with E-state index in [4.69, 9.17) is 9.47 Å². The van der Waals surface area contributed by atoms with Crippen LogP contribution in [0.2, 0.25) is 0 Å². The highest BCUT2D eigenvalue weighted by atomic mass is 19.3. The number of benzene rings is 1. The second-order valence-electron chi connectivity index (χ2n) is 10.9. The number of carbonyl (C=O) groups excluding carboxylic acids is 2. The molecule has 3 heterocycles. The van der Waals surface area contributed by atoms with E-state index in [9.17, 15) is 18.4 Å². The van der Waals surface area contributed by atoms with Crippen LogP contribution in [0, 0.1) is 5.41 Å². The van der Waals surface area contributed by atoms with Crippen molar-refractivity contribution < 1.29 is 27.8 Å². The van der Waals surface area contributed by atoms with E-state index in [2.05, 4.69) is 20.6 Å². The van der Waals surface area contributed by atoms with Crippen molar-refractivity contribution in [1.82, 2.24) is 15.3 Å². The van der Waals surface area contributed by atoms with Crippen molar-refractivity contribution in [3.8, 4) is 5.75 Å². The minimum atomic E-state index is -3.57. The Bertz CT molecular complexity index is 1260. The highest BCUT2D eigenvalue weighted by molar-refractivity contribution is 6.02. The van der Waals surface area contributed by atoms with Crippen LogP contribution in [0.4, 0.5) is 31.9 Å². The number of esters is 1. The monoisotopic (exact) mass is 544 g/mol. The smallest absolute Gasteiger partial charge is 0.342 e. The molecule has 5 rings (SSSR count). The van der Waals surface area contributed by atoms with Crippen molar-refractivity contribution in [2.45, 2.75) is 57.6 Å². The summed E-state index contributed by atoms with van der Waals surface area (Å²) in [4.78, 5) is 36.2. The SMILES string of the molecule is COc1cc(C(=O)OC2CC3(CCNCC3)C2)ccc1Nc1ncc2c(n1)N(C(C)C)CC(F)(F)C(=O)N2C. The fourth-order valence-electron chi connectivity index (χ4n) is 5.63. The number of rotatable bonds is 6. The number of alkyl halides is 2. The molecule has 1 aromatic heterocycles. The van der Waals surface area contributed by atoms with Gasteiger partial charge in [-0.1, -0.05) is 0 Å². The predicted molar refractivity (Wildman–Crippen MR) is 142 cm³/mol. The number of fused-ring (bicyclic) bond motifs is 1. The van der Waals surface area contributed by atoms with Gasteiger partial charge in [0.2, 0.25) is 5.95 Å². The summed E-state index contributed by atoms with van der Waals surface area (Å²) >= 11 is 0. The molecular weight excluding hydrogens is 510 g/mol. The van der Waals surface area contributed by atoms with Crippen molar-refractivity contribution in [2.75, 3.05) is 48.9 Å². The number of halogens is 2. The number of carbonyl (C=O) groups is 2. The maximum Gasteiger partial charge on any atom is 0.342 e. The molecule has 0 bridgehead atoms. The minimum Gasteiger partial charge on any atom is -0.495 e. The van der Waals surface area contributed by atoms with Gasteiger partial charge in [0.25, 0.3) is 5.91 Å². The Hall–Kier alpha value is -3.54. The molecule has 0 radical (unpaired) electrons. The second kappa shape index (κ2) is 10.2. The summed E-state index contributed by atoms with van der Waals surface area (Å²) in [5.41, 5.74) is 1.33. The van der Waals surface area contributed by atoms with Crippen LogP contribution in [0.5, 0.6) is 5.75 Å². The third kappa shape index (κ3) is 5.21. The molecule has 1 spiro atoms. The van der Waals surface area contributed by atoms with Crippen LogP contribution in [0.25, 0.3) is 0 Å². The molecule has 1 aromatic carbocycles. The number of nitrogens with zero attached hydrogens (tertiary/aromatic N) is 4. The van der Waals surface area contributed by atoms with Gasteiger partial charge in [-0.2, -0.15) is 13.8 Å². The summed E-state index contributed by atoms with van der Waals surface area (Å²) in [6, 6.07) is 4.52. The second-order valence-corrected chi connectivity index (χ2v) is 10.9. The first-order chi connectivity index (χ1) is 18.5. The Balaban J connectivity index is 1.32.